The van der Waals surface area contributed by atoms with Crippen LogP contribution in [0.4, 0.5) is 8.78 Å². The molecule has 5 heteroatoms. The van der Waals surface area contributed by atoms with Gasteiger partial charge < -0.3 is 5.73 Å². The molecule has 2 atom stereocenters. The molecule has 0 amide bonds. The van der Waals surface area contributed by atoms with Crippen LogP contribution in [0.2, 0.25) is 0 Å². The molecular formula is C15H18F2N2S. The molecule has 1 aromatic carbocycles. The Morgan fingerprint density at radius 2 is 1.90 bits per heavy atom. The maximum Gasteiger partial charge on any atom is 0.126 e. The summed E-state index contributed by atoms with van der Waals surface area (Å²) in [6.07, 6.45) is 0. The molecule has 0 bridgehead atoms. The van der Waals surface area contributed by atoms with Crippen LogP contribution in [0.15, 0.2) is 35.7 Å². The smallest absolute Gasteiger partial charge is 0.126 e. The fourth-order valence-electron chi connectivity index (χ4n) is 2.30. The molecule has 2 nitrogen and oxygen atoms in total. The van der Waals surface area contributed by atoms with E-state index in [2.05, 4.69) is 6.92 Å². The molecule has 1 heterocycles. The number of nitrogens with zero attached hydrogens (tertiary/aromatic N) is 1. The van der Waals surface area contributed by atoms with E-state index in [0.717, 1.165) is 6.07 Å². The molecule has 108 valence electrons. The number of likely N-dealkylation sites (N-methyl/N-ethyl adjacent to an activating group) is 1. The lowest BCUT2D eigenvalue weighted by Crippen LogP contribution is -2.32. The zero-order chi connectivity index (χ0) is 14.7. The molecule has 0 radical (unpaired) electrons. The van der Waals surface area contributed by atoms with E-state index in [1.165, 1.54) is 17.0 Å². The van der Waals surface area contributed by atoms with Crippen molar-refractivity contribution in [2.24, 2.45) is 5.73 Å². The fraction of sp³-hybridized carbons (Fsp3) is 0.333. The van der Waals surface area contributed by atoms with Gasteiger partial charge in [0.1, 0.15) is 11.6 Å². The summed E-state index contributed by atoms with van der Waals surface area (Å²) in [5.41, 5.74) is 6.38. The van der Waals surface area contributed by atoms with Crippen LogP contribution >= 0.6 is 11.3 Å². The van der Waals surface area contributed by atoms with E-state index in [4.69, 9.17) is 5.73 Å². The molecule has 1 aromatic heterocycles. The van der Waals surface area contributed by atoms with Crippen LogP contribution in [0.3, 0.4) is 0 Å². The van der Waals surface area contributed by atoms with Crippen LogP contribution in [0.5, 0.6) is 0 Å². The molecule has 0 fully saturated rings. The lowest BCUT2D eigenvalue weighted by Gasteiger charge is -2.32. The summed E-state index contributed by atoms with van der Waals surface area (Å²) in [6, 6.07) is 7.51. The maximum atomic E-state index is 13.4. The van der Waals surface area contributed by atoms with Crippen LogP contribution in [-0.2, 0) is 0 Å². The van der Waals surface area contributed by atoms with Crippen LogP contribution < -0.4 is 5.73 Å². The van der Waals surface area contributed by atoms with Crippen molar-refractivity contribution in [3.63, 3.8) is 0 Å². The van der Waals surface area contributed by atoms with E-state index in [-0.39, 0.29) is 12.1 Å². The predicted octanol–water partition coefficient (Wildman–Crippen LogP) is 3.72. The molecule has 0 saturated carbocycles. The molecular weight excluding hydrogens is 278 g/mol. The molecule has 0 aliphatic carbocycles. The zero-order valence-electron chi connectivity index (χ0n) is 11.5. The Hall–Kier alpha value is -1.30. The van der Waals surface area contributed by atoms with Gasteiger partial charge in [0.2, 0.25) is 0 Å². The predicted molar refractivity (Wildman–Crippen MR) is 78.7 cm³/mol. The molecule has 0 spiro atoms. The third-order valence-corrected chi connectivity index (χ3v) is 4.59. The number of rotatable bonds is 5. The van der Waals surface area contributed by atoms with Gasteiger partial charge in [0.15, 0.2) is 0 Å². The second-order valence-electron chi connectivity index (χ2n) is 4.81. The molecule has 2 aromatic rings. The van der Waals surface area contributed by atoms with Gasteiger partial charge in [-0.25, -0.2) is 8.78 Å². The molecule has 20 heavy (non-hydrogen) atoms. The topological polar surface area (TPSA) is 29.3 Å². The van der Waals surface area contributed by atoms with E-state index in [1.54, 1.807) is 11.3 Å². The van der Waals surface area contributed by atoms with Crippen molar-refractivity contribution in [3.05, 3.63) is 57.8 Å². The second kappa shape index (κ2) is 6.43. The van der Waals surface area contributed by atoms with Gasteiger partial charge in [0.05, 0.1) is 0 Å². The summed E-state index contributed by atoms with van der Waals surface area (Å²) in [5.74, 6) is -1.15. The SMILES string of the molecule is CC(c1cccs1)N(C)C(CN)c1cc(F)cc(F)c1. The van der Waals surface area contributed by atoms with Crippen molar-refractivity contribution in [3.8, 4) is 0 Å². The quantitative estimate of drug-likeness (QED) is 0.911. The third kappa shape index (κ3) is 3.23. The Labute approximate surface area is 121 Å². The average Bonchev–Trinajstić information content (AvgIpc) is 2.91. The van der Waals surface area contributed by atoms with Gasteiger partial charge in [-0.05, 0) is 43.1 Å². The minimum Gasteiger partial charge on any atom is -0.329 e. The van der Waals surface area contributed by atoms with E-state index in [9.17, 15) is 8.78 Å². The van der Waals surface area contributed by atoms with Crippen molar-refractivity contribution in [1.82, 2.24) is 4.90 Å². The summed E-state index contributed by atoms with van der Waals surface area (Å²) in [5, 5.41) is 2.01. The first-order valence-corrected chi connectivity index (χ1v) is 7.32. The number of hydrogen-bond acceptors (Lipinski definition) is 3. The summed E-state index contributed by atoms with van der Waals surface area (Å²) < 4.78 is 26.7. The van der Waals surface area contributed by atoms with E-state index >= 15 is 0 Å². The van der Waals surface area contributed by atoms with Crippen LogP contribution in [0.1, 0.15) is 29.4 Å². The largest absolute Gasteiger partial charge is 0.329 e. The Balaban J connectivity index is 2.27. The van der Waals surface area contributed by atoms with Gasteiger partial charge in [-0.1, -0.05) is 6.07 Å². The normalized spacial score (nSPS) is 14.5. The number of halogens is 2. The number of thiophene rings is 1. The Morgan fingerprint density at radius 3 is 2.40 bits per heavy atom. The van der Waals surface area contributed by atoms with Gasteiger partial charge >= 0.3 is 0 Å². The van der Waals surface area contributed by atoms with Gasteiger partial charge in [-0.3, -0.25) is 4.90 Å². The van der Waals surface area contributed by atoms with Crippen molar-refractivity contribution < 1.29 is 8.78 Å². The van der Waals surface area contributed by atoms with E-state index in [0.29, 0.717) is 12.1 Å². The molecule has 0 aliphatic heterocycles. The third-order valence-electron chi connectivity index (χ3n) is 3.55. The van der Waals surface area contributed by atoms with Crippen molar-refractivity contribution in [2.45, 2.75) is 19.0 Å². The minimum absolute atomic E-state index is 0.134. The Kier molecular flexibility index (Phi) is 4.86. The van der Waals surface area contributed by atoms with Gasteiger partial charge in [0.25, 0.3) is 0 Å². The second-order valence-corrected chi connectivity index (χ2v) is 5.79. The molecule has 2 unspecified atom stereocenters. The summed E-state index contributed by atoms with van der Waals surface area (Å²) in [4.78, 5) is 3.24. The van der Waals surface area contributed by atoms with Crippen LogP contribution in [0.25, 0.3) is 0 Å². The van der Waals surface area contributed by atoms with Gasteiger partial charge in [0, 0.05) is 29.6 Å². The van der Waals surface area contributed by atoms with Crippen molar-refractivity contribution in [1.29, 1.82) is 0 Å². The summed E-state index contributed by atoms with van der Waals surface area (Å²) >= 11 is 1.66. The van der Waals surface area contributed by atoms with Crippen LogP contribution in [-0.4, -0.2) is 18.5 Å². The van der Waals surface area contributed by atoms with Crippen molar-refractivity contribution in [2.75, 3.05) is 13.6 Å². The van der Waals surface area contributed by atoms with Crippen LogP contribution in [0, 0.1) is 11.6 Å². The fourth-order valence-corrected chi connectivity index (χ4v) is 3.14. The molecule has 0 aliphatic rings. The monoisotopic (exact) mass is 296 g/mol. The van der Waals surface area contributed by atoms with Gasteiger partial charge in [-0.2, -0.15) is 0 Å². The highest BCUT2D eigenvalue weighted by atomic mass is 32.1. The summed E-state index contributed by atoms with van der Waals surface area (Å²) in [6.45, 7) is 2.36. The number of hydrogen-bond donors (Lipinski definition) is 1. The first-order chi connectivity index (χ1) is 9.52. The highest BCUT2D eigenvalue weighted by Gasteiger charge is 2.23. The lowest BCUT2D eigenvalue weighted by molar-refractivity contribution is 0.192. The first-order valence-electron chi connectivity index (χ1n) is 6.44. The maximum absolute atomic E-state index is 13.4. The number of benzene rings is 1. The molecule has 0 saturated heterocycles. The van der Waals surface area contributed by atoms with Crippen molar-refractivity contribution >= 4 is 11.3 Å². The Morgan fingerprint density at radius 1 is 1.25 bits per heavy atom. The van der Waals surface area contributed by atoms with E-state index in [1.807, 2.05) is 29.5 Å². The average molecular weight is 296 g/mol. The van der Waals surface area contributed by atoms with Gasteiger partial charge in [-0.15, -0.1) is 11.3 Å². The Bertz CT molecular complexity index is 537. The standard InChI is InChI=1S/C15H18F2N2S/c1-10(15-4-3-5-20-15)19(2)14(9-18)11-6-12(16)8-13(17)7-11/h3-8,10,14H,9,18H2,1-2H3. The first kappa shape index (κ1) is 15.1. The molecule has 2 rings (SSSR count). The zero-order valence-corrected chi connectivity index (χ0v) is 12.3. The summed E-state index contributed by atoms with van der Waals surface area (Å²) in [7, 11) is 1.92. The van der Waals surface area contributed by atoms with E-state index < -0.39 is 11.6 Å². The highest BCUT2D eigenvalue weighted by molar-refractivity contribution is 7.10. The lowest BCUT2D eigenvalue weighted by atomic mass is 10.0. The molecule has 2 N–H and O–H groups in total. The highest BCUT2D eigenvalue weighted by Crippen LogP contribution is 2.31. The minimum atomic E-state index is -0.573. The number of nitrogens with two attached hydrogens (primary N) is 1.